The topological polar surface area (TPSA) is 0 Å². The highest BCUT2D eigenvalue weighted by atomic mass is 32.1. The van der Waals surface area contributed by atoms with E-state index >= 15 is 0 Å². The second kappa shape index (κ2) is 11.5. The molecule has 0 bridgehead atoms. The maximum absolute atomic E-state index is 2.68. The number of benzene rings is 3. The van der Waals surface area contributed by atoms with E-state index in [2.05, 4.69) is 154 Å². The lowest BCUT2D eigenvalue weighted by molar-refractivity contribution is 0.837. The Hall–Kier alpha value is -1.55. The Morgan fingerprint density at radius 2 is 0.609 bits per heavy atom. The highest BCUT2D eigenvalue weighted by Gasteiger charge is 2.47. The quantitative estimate of drug-likeness (QED) is 0.137. The van der Waals surface area contributed by atoms with Gasteiger partial charge in [-0.05, 0) is 90.8 Å². The van der Waals surface area contributed by atoms with E-state index in [4.69, 9.17) is 0 Å². The van der Waals surface area contributed by atoms with Gasteiger partial charge in [-0.1, -0.05) is 83.1 Å². The Morgan fingerprint density at radius 1 is 0.348 bits per heavy atom. The van der Waals surface area contributed by atoms with Crippen LogP contribution in [-0.4, -0.2) is 16.1 Å². The molecule has 0 fully saturated rings. The lowest BCUT2D eigenvalue weighted by Crippen LogP contribution is -2.54. The van der Waals surface area contributed by atoms with Gasteiger partial charge in [0.2, 0.25) is 0 Å². The summed E-state index contributed by atoms with van der Waals surface area (Å²) in [7, 11) is -3.51. The lowest BCUT2D eigenvalue weighted by atomic mass is 10.0. The predicted octanol–water partition coefficient (Wildman–Crippen LogP) is 14.6. The molecular weight excluding hydrogens is 665 g/mol. The van der Waals surface area contributed by atoms with Crippen molar-refractivity contribution in [2.45, 2.75) is 116 Å². The van der Waals surface area contributed by atoms with Gasteiger partial charge in [0.15, 0.2) is 0 Å². The van der Waals surface area contributed by atoms with E-state index in [0.717, 1.165) is 0 Å². The molecule has 0 atom stereocenters. The number of fused-ring (bicyclic) bond motifs is 11. The average Bonchev–Trinajstić information content (AvgIpc) is 3.73. The van der Waals surface area contributed by atoms with Gasteiger partial charge in [0.05, 0.1) is 0 Å². The minimum atomic E-state index is -1.76. The minimum Gasteiger partial charge on any atom is -0.145 e. The summed E-state index contributed by atoms with van der Waals surface area (Å²) in [5, 5.41) is 9.02. The van der Waals surface area contributed by atoms with Gasteiger partial charge < -0.3 is 0 Å². The molecule has 0 nitrogen and oxygen atoms in total. The van der Waals surface area contributed by atoms with E-state index < -0.39 is 16.1 Å². The van der Waals surface area contributed by atoms with Crippen molar-refractivity contribution in [1.82, 2.24) is 0 Å². The molecule has 0 spiro atoms. The highest BCUT2D eigenvalue weighted by Crippen LogP contribution is 2.51. The van der Waals surface area contributed by atoms with Crippen LogP contribution < -0.4 is 9.00 Å². The van der Waals surface area contributed by atoms with E-state index in [0.29, 0.717) is 33.2 Å². The molecule has 0 saturated carbocycles. The fourth-order valence-electron chi connectivity index (χ4n) is 10.5. The van der Waals surface area contributed by atoms with Gasteiger partial charge in [0.1, 0.15) is 16.1 Å². The predicted molar refractivity (Wildman–Crippen MR) is 224 cm³/mol. The summed E-state index contributed by atoms with van der Waals surface area (Å²) >= 11 is 8.23. The van der Waals surface area contributed by atoms with Crippen LogP contribution in [0.1, 0.15) is 83.1 Å². The molecule has 0 aliphatic carbocycles. The van der Waals surface area contributed by atoms with Gasteiger partial charge in [-0.2, -0.15) is 0 Å². The fraction of sp³-hybridized carbons (Fsp3) is 0.450. The SMILES string of the molecule is CC(C)[Si](c1cc2c(ccc3sc4ccc5sc6ccc7sc([Si](C(C)C)(C(C)C)C(C)C)cc7c6c5c4c32)s1)(C(C)C)C(C)C. The first-order valence-corrected chi connectivity index (χ1v) is 25.2. The Kier molecular flexibility index (Phi) is 8.26. The molecule has 7 rings (SSSR count). The molecule has 4 heterocycles. The summed E-state index contributed by atoms with van der Waals surface area (Å²) in [5.41, 5.74) is 4.26. The largest absolute Gasteiger partial charge is 0.145 e. The molecule has 0 N–H and O–H groups in total. The van der Waals surface area contributed by atoms with Crippen LogP contribution in [-0.2, 0) is 0 Å². The number of rotatable bonds is 8. The molecule has 7 aromatic rings. The second-order valence-corrected chi connectivity index (χ2v) is 32.5. The molecule has 3 aromatic carbocycles. The molecule has 0 aliphatic heterocycles. The van der Waals surface area contributed by atoms with Gasteiger partial charge in [-0.25, -0.2) is 0 Å². The molecule has 4 aromatic heterocycles. The van der Waals surface area contributed by atoms with Crippen LogP contribution in [0.4, 0.5) is 0 Å². The van der Waals surface area contributed by atoms with Crippen molar-refractivity contribution in [3.05, 3.63) is 48.5 Å². The third kappa shape index (κ3) is 4.35. The molecule has 0 amide bonds. The fourth-order valence-corrected chi connectivity index (χ4v) is 32.9. The maximum atomic E-state index is 2.68. The van der Waals surface area contributed by atoms with Crippen molar-refractivity contribution < 1.29 is 0 Å². The van der Waals surface area contributed by atoms with Crippen molar-refractivity contribution in [3.63, 3.8) is 0 Å². The van der Waals surface area contributed by atoms with Gasteiger partial charge in [-0.3, -0.25) is 0 Å². The minimum absolute atomic E-state index is 0.710. The third-order valence-electron chi connectivity index (χ3n) is 12.0. The number of hydrogen-bond donors (Lipinski definition) is 0. The number of thiophene rings is 4. The van der Waals surface area contributed by atoms with Crippen LogP contribution >= 0.6 is 45.3 Å². The Bertz CT molecular complexity index is 2050. The van der Waals surface area contributed by atoms with Crippen molar-refractivity contribution in [1.29, 1.82) is 0 Å². The van der Waals surface area contributed by atoms with Crippen LogP contribution in [0.2, 0.25) is 33.2 Å². The first-order valence-electron chi connectivity index (χ1n) is 17.4. The van der Waals surface area contributed by atoms with Gasteiger partial charge in [-0.15, -0.1) is 45.3 Å². The number of hydrogen-bond acceptors (Lipinski definition) is 4. The molecular formula is C40H50S4Si2. The second-order valence-electron chi connectivity index (χ2n) is 15.7. The zero-order valence-corrected chi connectivity index (χ0v) is 35.0. The van der Waals surface area contributed by atoms with E-state index in [-0.39, 0.29) is 0 Å². The first kappa shape index (κ1) is 33.0. The van der Waals surface area contributed by atoms with E-state index in [1.165, 1.54) is 60.5 Å². The van der Waals surface area contributed by atoms with Crippen LogP contribution in [0, 0.1) is 0 Å². The monoisotopic (exact) mass is 714 g/mol. The lowest BCUT2D eigenvalue weighted by Gasteiger charge is -2.42. The van der Waals surface area contributed by atoms with Gasteiger partial charge in [0.25, 0.3) is 0 Å². The van der Waals surface area contributed by atoms with E-state index in [9.17, 15) is 0 Å². The molecule has 0 unspecified atom stereocenters. The smallest absolute Gasteiger partial charge is 0.107 e. The molecule has 0 aliphatic rings. The Morgan fingerprint density at radius 3 is 0.891 bits per heavy atom. The van der Waals surface area contributed by atoms with E-state index in [1.54, 1.807) is 9.00 Å². The summed E-state index contributed by atoms with van der Waals surface area (Å²) in [5.74, 6) is 0. The molecule has 242 valence electrons. The Labute approximate surface area is 293 Å². The molecule has 46 heavy (non-hydrogen) atoms. The zero-order valence-electron chi connectivity index (χ0n) is 29.7. The van der Waals surface area contributed by atoms with Crippen LogP contribution in [0.15, 0.2) is 48.5 Å². The van der Waals surface area contributed by atoms with Gasteiger partial charge in [0, 0.05) is 60.5 Å². The summed E-state index contributed by atoms with van der Waals surface area (Å²) in [6.07, 6.45) is 0. The van der Waals surface area contributed by atoms with Crippen LogP contribution in [0.25, 0.3) is 60.5 Å². The summed E-state index contributed by atoms with van der Waals surface area (Å²) in [6, 6.07) is 19.9. The van der Waals surface area contributed by atoms with Crippen molar-refractivity contribution in [2.75, 3.05) is 0 Å². The van der Waals surface area contributed by atoms with Gasteiger partial charge >= 0.3 is 0 Å². The average molecular weight is 715 g/mol. The normalized spacial score (nSPS) is 14.0. The van der Waals surface area contributed by atoms with E-state index in [1.807, 2.05) is 22.7 Å². The van der Waals surface area contributed by atoms with Crippen molar-refractivity contribution in [3.8, 4) is 0 Å². The van der Waals surface area contributed by atoms with Crippen molar-refractivity contribution >= 4 is 131 Å². The Balaban J connectivity index is 1.60. The summed E-state index contributed by atoms with van der Waals surface area (Å²) in [6.45, 7) is 30.0. The highest BCUT2D eigenvalue weighted by molar-refractivity contribution is 7.34. The first-order chi connectivity index (χ1) is 21.8. The van der Waals surface area contributed by atoms with Crippen LogP contribution in [0.5, 0.6) is 0 Å². The molecule has 6 heteroatoms. The summed E-state index contributed by atoms with van der Waals surface area (Å²) < 4.78 is 12.1. The standard InChI is InChI=1S/C40H50S4Si2/c1-21(2)45(22(3)4,23(5)6)35-19-27-29(43-35)13-15-31-37(27)39-33(41-31)17-18-34-40(39)38-28-20-36(44-30(28)14-16-32(38)42-34)46(24(7)8,25(9)10)26(11)12/h13-26H,1-12H3. The molecule has 0 radical (unpaired) electrons. The van der Waals surface area contributed by atoms with Crippen molar-refractivity contribution in [2.24, 2.45) is 0 Å². The van der Waals surface area contributed by atoms with Crippen LogP contribution in [0.3, 0.4) is 0 Å². The third-order valence-corrected chi connectivity index (χ3v) is 32.2. The maximum Gasteiger partial charge on any atom is 0.107 e. The zero-order chi connectivity index (χ0) is 33.0. The molecule has 0 saturated heterocycles. The summed E-state index contributed by atoms with van der Waals surface area (Å²) in [4.78, 5) is 0.